The normalized spacial score (nSPS) is 9.90. The molecule has 1 aromatic heterocycles. The number of aromatic nitrogens is 1. The highest BCUT2D eigenvalue weighted by molar-refractivity contribution is 5.42. The molecule has 2 aromatic rings. The van der Waals surface area contributed by atoms with Gasteiger partial charge in [-0.15, -0.1) is 5.92 Å². The molecule has 1 aromatic carbocycles. The predicted octanol–water partition coefficient (Wildman–Crippen LogP) is 2.89. The molecule has 0 radical (unpaired) electrons. The summed E-state index contributed by atoms with van der Waals surface area (Å²) in [6.45, 7) is 6.12. The van der Waals surface area contributed by atoms with Crippen molar-refractivity contribution in [3.63, 3.8) is 0 Å². The summed E-state index contributed by atoms with van der Waals surface area (Å²) < 4.78 is 6.85. The highest BCUT2D eigenvalue weighted by Gasteiger charge is 2.08. The van der Waals surface area contributed by atoms with Crippen molar-refractivity contribution in [1.82, 2.24) is 4.57 Å². The van der Waals surface area contributed by atoms with Gasteiger partial charge in [-0.3, -0.25) is 4.79 Å². The molecule has 0 bridgehead atoms. The molecule has 0 saturated carbocycles. The highest BCUT2D eigenvalue weighted by Crippen LogP contribution is 2.13. The van der Waals surface area contributed by atoms with Crippen molar-refractivity contribution in [1.29, 1.82) is 0 Å². The van der Waals surface area contributed by atoms with Crippen molar-refractivity contribution in [2.75, 3.05) is 7.11 Å². The predicted molar refractivity (Wildman–Crippen MR) is 84.8 cm³/mol. The van der Waals surface area contributed by atoms with Crippen molar-refractivity contribution in [3.05, 3.63) is 63.1 Å². The summed E-state index contributed by atoms with van der Waals surface area (Å²) >= 11 is 0. The van der Waals surface area contributed by atoms with Gasteiger partial charge in [0.25, 0.3) is 5.56 Å². The molecule has 0 fully saturated rings. The van der Waals surface area contributed by atoms with Gasteiger partial charge >= 0.3 is 0 Å². The fourth-order valence-electron chi connectivity index (χ4n) is 2.19. The van der Waals surface area contributed by atoms with Crippen molar-refractivity contribution in [2.45, 2.75) is 27.3 Å². The molecule has 0 amide bonds. The van der Waals surface area contributed by atoms with Crippen molar-refractivity contribution in [2.24, 2.45) is 0 Å². The lowest BCUT2D eigenvalue weighted by molar-refractivity contribution is 0.414. The number of hydrogen-bond donors (Lipinski definition) is 0. The first-order chi connectivity index (χ1) is 10.1. The minimum absolute atomic E-state index is 0.0324. The molecule has 0 aliphatic heterocycles. The zero-order valence-electron chi connectivity index (χ0n) is 12.9. The molecule has 0 spiro atoms. The topological polar surface area (TPSA) is 31.2 Å². The van der Waals surface area contributed by atoms with Crippen LogP contribution in [0.25, 0.3) is 0 Å². The van der Waals surface area contributed by atoms with Crippen molar-refractivity contribution in [3.8, 4) is 17.6 Å². The van der Waals surface area contributed by atoms with Gasteiger partial charge in [0.15, 0.2) is 0 Å². The molecule has 0 unspecified atom stereocenters. The van der Waals surface area contributed by atoms with E-state index in [4.69, 9.17) is 4.74 Å². The maximum Gasteiger partial charge on any atom is 0.254 e. The van der Waals surface area contributed by atoms with Crippen LogP contribution in [0.5, 0.6) is 5.75 Å². The van der Waals surface area contributed by atoms with Crippen LogP contribution in [-0.4, -0.2) is 11.7 Å². The fraction of sp³-hybridized carbons (Fsp3) is 0.278. The molecule has 1 heterocycles. The Morgan fingerprint density at radius 2 is 1.81 bits per heavy atom. The Morgan fingerprint density at radius 1 is 1.14 bits per heavy atom. The highest BCUT2D eigenvalue weighted by atomic mass is 16.5. The summed E-state index contributed by atoms with van der Waals surface area (Å²) in [5.41, 5.74) is 3.70. The van der Waals surface area contributed by atoms with E-state index in [9.17, 15) is 4.79 Å². The van der Waals surface area contributed by atoms with Crippen LogP contribution in [0.15, 0.2) is 35.3 Å². The first-order valence-corrected chi connectivity index (χ1v) is 6.83. The number of nitrogens with zero attached hydrogens (tertiary/aromatic N) is 1. The number of methoxy groups -OCH3 is 1. The van der Waals surface area contributed by atoms with Crippen LogP contribution in [0.1, 0.15) is 29.2 Å². The largest absolute Gasteiger partial charge is 0.497 e. The van der Waals surface area contributed by atoms with Gasteiger partial charge in [0, 0.05) is 17.3 Å². The van der Waals surface area contributed by atoms with Crippen LogP contribution in [0, 0.1) is 25.7 Å². The van der Waals surface area contributed by atoms with Gasteiger partial charge in [0.2, 0.25) is 0 Å². The lowest BCUT2D eigenvalue weighted by atomic mass is 10.1. The third-order valence-corrected chi connectivity index (χ3v) is 3.60. The Hall–Kier alpha value is -2.47. The van der Waals surface area contributed by atoms with Crippen molar-refractivity contribution >= 4 is 0 Å². The van der Waals surface area contributed by atoms with E-state index in [2.05, 4.69) is 11.8 Å². The standard InChI is InChI=1S/C18H19NO2/c1-5-6-16-12-19(18(20)14(3)13(16)2)11-15-7-9-17(21-4)10-8-15/h7-10,12H,11H2,1-4H3. The van der Waals surface area contributed by atoms with Crippen LogP contribution in [-0.2, 0) is 6.54 Å². The van der Waals surface area contributed by atoms with Crippen LogP contribution in [0.3, 0.4) is 0 Å². The number of pyridine rings is 1. The first-order valence-electron chi connectivity index (χ1n) is 6.83. The second kappa shape index (κ2) is 6.32. The van der Waals surface area contributed by atoms with E-state index in [0.717, 1.165) is 28.0 Å². The molecule has 2 rings (SSSR count). The van der Waals surface area contributed by atoms with Crippen molar-refractivity contribution < 1.29 is 4.74 Å². The Morgan fingerprint density at radius 3 is 2.38 bits per heavy atom. The van der Waals surface area contributed by atoms with Gasteiger partial charge in [-0.05, 0) is 44.0 Å². The maximum atomic E-state index is 12.4. The minimum Gasteiger partial charge on any atom is -0.497 e. The zero-order chi connectivity index (χ0) is 15.4. The first kappa shape index (κ1) is 14.9. The molecule has 0 N–H and O–H groups in total. The van der Waals surface area contributed by atoms with Crippen LogP contribution < -0.4 is 10.3 Å². The smallest absolute Gasteiger partial charge is 0.254 e. The van der Waals surface area contributed by atoms with Crippen LogP contribution in [0.2, 0.25) is 0 Å². The molecule has 3 nitrogen and oxygen atoms in total. The number of ether oxygens (including phenoxy) is 1. The minimum atomic E-state index is 0.0324. The fourth-order valence-corrected chi connectivity index (χ4v) is 2.19. The summed E-state index contributed by atoms with van der Waals surface area (Å²) in [5.74, 6) is 6.76. The monoisotopic (exact) mass is 281 g/mol. The Kier molecular flexibility index (Phi) is 4.49. The molecule has 0 aliphatic rings. The molecular formula is C18H19NO2. The summed E-state index contributed by atoms with van der Waals surface area (Å²) in [6, 6.07) is 7.72. The van der Waals surface area contributed by atoms with Gasteiger partial charge in [-0.2, -0.15) is 0 Å². The van der Waals surface area contributed by atoms with Gasteiger partial charge in [0.05, 0.1) is 13.7 Å². The number of benzene rings is 1. The Balaban J connectivity index is 2.42. The van der Waals surface area contributed by atoms with Gasteiger partial charge in [-0.1, -0.05) is 18.1 Å². The molecule has 21 heavy (non-hydrogen) atoms. The van der Waals surface area contributed by atoms with Crippen LogP contribution >= 0.6 is 0 Å². The van der Waals surface area contributed by atoms with Gasteiger partial charge < -0.3 is 9.30 Å². The van der Waals surface area contributed by atoms with E-state index in [1.165, 1.54) is 0 Å². The maximum absolute atomic E-state index is 12.4. The lowest BCUT2D eigenvalue weighted by Gasteiger charge is -2.11. The summed E-state index contributed by atoms with van der Waals surface area (Å²) in [6.07, 6.45) is 1.84. The second-order valence-corrected chi connectivity index (χ2v) is 4.95. The molecule has 0 saturated heterocycles. The SMILES string of the molecule is CC#Cc1cn(Cc2ccc(OC)cc2)c(=O)c(C)c1C. The molecule has 3 heteroatoms. The summed E-state index contributed by atoms with van der Waals surface area (Å²) in [4.78, 5) is 12.4. The Labute approximate surface area is 125 Å². The number of rotatable bonds is 3. The third kappa shape index (κ3) is 3.17. The Bertz CT molecular complexity index is 759. The lowest BCUT2D eigenvalue weighted by Crippen LogP contribution is -2.24. The third-order valence-electron chi connectivity index (χ3n) is 3.60. The van der Waals surface area contributed by atoms with E-state index < -0.39 is 0 Å². The number of hydrogen-bond acceptors (Lipinski definition) is 2. The quantitative estimate of drug-likeness (QED) is 0.810. The van der Waals surface area contributed by atoms with E-state index >= 15 is 0 Å². The van der Waals surface area contributed by atoms with E-state index in [1.54, 1.807) is 18.6 Å². The van der Waals surface area contributed by atoms with E-state index in [0.29, 0.717) is 6.54 Å². The molecule has 0 aliphatic carbocycles. The molecule has 108 valence electrons. The second-order valence-electron chi connectivity index (χ2n) is 4.95. The zero-order valence-corrected chi connectivity index (χ0v) is 12.9. The van der Waals surface area contributed by atoms with E-state index in [-0.39, 0.29) is 5.56 Å². The average molecular weight is 281 g/mol. The average Bonchev–Trinajstić information content (AvgIpc) is 2.51. The van der Waals surface area contributed by atoms with E-state index in [1.807, 2.05) is 44.3 Å². The van der Waals surface area contributed by atoms with Gasteiger partial charge in [-0.25, -0.2) is 0 Å². The summed E-state index contributed by atoms with van der Waals surface area (Å²) in [7, 11) is 1.64. The molecular weight excluding hydrogens is 262 g/mol. The van der Waals surface area contributed by atoms with Crippen LogP contribution in [0.4, 0.5) is 0 Å². The van der Waals surface area contributed by atoms with Gasteiger partial charge in [0.1, 0.15) is 5.75 Å². The summed E-state index contributed by atoms with van der Waals surface area (Å²) in [5, 5.41) is 0. The molecule has 0 atom stereocenters.